The Kier molecular flexibility index (Phi) is 5.89. The largest absolute Gasteiger partial charge is 0.493 e. The molecule has 0 aromatic heterocycles. The van der Waals surface area contributed by atoms with Crippen LogP contribution in [-0.2, 0) is 13.0 Å². The van der Waals surface area contributed by atoms with Gasteiger partial charge in [0.2, 0.25) is 0 Å². The van der Waals surface area contributed by atoms with Crippen LogP contribution in [0.2, 0.25) is 0 Å². The summed E-state index contributed by atoms with van der Waals surface area (Å²) in [6.45, 7) is 10.6. The monoisotopic (exact) mass is 324 g/mol. The summed E-state index contributed by atoms with van der Waals surface area (Å²) in [5.41, 5.74) is 5.45. The van der Waals surface area contributed by atoms with Crippen molar-refractivity contribution in [3.05, 3.63) is 64.7 Å². The number of aryl methyl sites for hydroxylation is 2. The highest BCUT2D eigenvalue weighted by atomic mass is 16.5. The molecule has 3 rings (SSSR count). The van der Waals surface area contributed by atoms with Gasteiger partial charge in [-0.1, -0.05) is 35.9 Å². The summed E-state index contributed by atoms with van der Waals surface area (Å²) in [6.07, 6.45) is 0.947. The van der Waals surface area contributed by atoms with Crippen molar-refractivity contribution in [1.82, 2.24) is 10.2 Å². The lowest BCUT2D eigenvalue weighted by Gasteiger charge is -2.27. The molecule has 1 heterocycles. The van der Waals surface area contributed by atoms with Crippen molar-refractivity contribution in [2.75, 3.05) is 32.8 Å². The first-order valence-electron chi connectivity index (χ1n) is 8.92. The van der Waals surface area contributed by atoms with E-state index >= 15 is 0 Å². The van der Waals surface area contributed by atoms with Gasteiger partial charge in [-0.05, 0) is 42.7 Å². The Morgan fingerprint density at radius 3 is 2.46 bits per heavy atom. The number of hydrogen-bond acceptors (Lipinski definition) is 3. The molecule has 3 nitrogen and oxygen atoms in total. The Morgan fingerprint density at radius 2 is 1.75 bits per heavy atom. The van der Waals surface area contributed by atoms with Crippen molar-refractivity contribution in [2.45, 2.75) is 26.8 Å². The van der Waals surface area contributed by atoms with E-state index in [1.54, 1.807) is 0 Å². The summed E-state index contributed by atoms with van der Waals surface area (Å²) in [5.74, 6) is 0.952. The van der Waals surface area contributed by atoms with E-state index in [4.69, 9.17) is 4.74 Å². The molecule has 0 atom stereocenters. The molecular formula is C21H28N2O. The summed E-state index contributed by atoms with van der Waals surface area (Å²) < 4.78 is 5.84. The first kappa shape index (κ1) is 17.0. The maximum atomic E-state index is 5.84. The van der Waals surface area contributed by atoms with E-state index in [-0.39, 0.29) is 0 Å². The molecule has 1 aliphatic rings. The zero-order valence-corrected chi connectivity index (χ0v) is 14.8. The fourth-order valence-corrected chi connectivity index (χ4v) is 3.12. The number of ether oxygens (including phenoxy) is 1. The van der Waals surface area contributed by atoms with Crippen molar-refractivity contribution >= 4 is 0 Å². The van der Waals surface area contributed by atoms with Crippen molar-refractivity contribution in [3.63, 3.8) is 0 Å². The topological polar surface area (TPSA) is 24.5 Å². The maximum Gasteiger partial charge on any atom is 0.119 e. The zero-order valence-electron chi connectivity index (χ0n) is 14.8. The molecule has 3 heteroatoms. The molecule has 24 heavy (non-hydrogen) atoms. The molecule has 0 aliphatic carbocycles. The van der Waals surface area contributed by atoms with Gasteiger partial charge in [0.1, 0.15) is 5.75 Å². The van der Waals surface area contributed by atoms with Crippen LogP contribution in [0.1, 0.15) is 22.3 Å². The summed E-state index contributed by atoms with van der Waals surface area (Å²) in [4.78, 5) is 2.53. The highest BCUT2D eigenvalue weighted by Crippen LogP contribution is 2.16. The SMILES string of the molecule is Cc1ccc(OCCc2ccc(CN3CCNCC3)c(C)c2)cc1. The summed E-state index contributed by atoms with van der Waals surface area (Å²) in [6, 6.07) is 15.1. The van der Waals surface area contributed by atoms with Crippen molar-refractivity contribution < 1.29 is 4.74 Å². The molecule has 2 aromatic rings. The summed E-state index contributed by atoms with van der Waals surface area (Å²) in [7, 11) is 0. The van der Waals surface area contributed by atoms with Crippen LogP contribution in [0.4, 0.5) is 0 Å². The van der Waals surface area contributed by atoms with Gasteiger partial charge in [0.05, 0.1) is 6.61 Å². The first-order valence-corrected chi connectivity index (χ1v) is 8.92. The van der Waals surface area contributed by atoms with E-state index < -0.39 is 0 Å². The second-order valence-corrected chi connectivity index (χ2v) is 6.70. The first-order chi connectivity index (χ1) is 11.7. The normalized spacial score (nSPS) is 15.4. The highest BCUT2D eigenvalue weighted by Gasteiger charge is 2.11. The van der Waals surface area contributed by atoms with Gasteiger partial charge >= 0.3 is 0 Å². The molecule has 0 amide bonds. The van der Waals surface area contributed by atoms with Gasteiger partial charge in [0, 0.05) is 39.1 Å². The van der Waals surface area contributed by atoms with Crippen LogP contribution in [0.15, 0.2) is 42.5 Å². The number of rotatable bonds is 6. The van der Waals surface area contributed by atoms with E-state index in [1.807, 2.05) is 12.1 Å². The van der Waals surface area contributed by atoms with Gasteiger partial charge in [0.15, 0.2) is 0 Å². The molecule has 2 aromatic carbocycles. The predicted octanol–water partition coefficient (Wildman–Crippen LogP) is 3.33. The molecule has 0 radical (unpaired) electrons. The molecule has 0 unspecified atom stereocenters. The lowest BCUT2D eigenvalue weighted by atomic mass is 10.0. The molecule has 0 saturated carbocycles. The molecule has 0 bridgehead atoms. The van der Waals surface area contributed by atoms with Crippen molar-refractivity contribution in [2.24, 2.45) is 0 Å². The van der Waals surface area contributed by atoms with Crippen LogP contribution < -0.4 is 10.1 Å². The van der Waals surface area contributed by atoms with E-state index in [1.165, 1.54) is 22.3 Å². The van der Waals surface area contributed by atoms with Gasteiger partial charge in [-0.2, -0.15) is 0 Å². The third kappa shape index (κ3) is 4.83. The molecule has 1 fully saturated rings. The average Bonchev–Trinajstić information content (AvgIpc) is 2.60. The van der Waals surface area contributed by atoms with Gasteiger partial charge < -0.3 is 10.1 Å². The van der Waals surface area contributed by atoms with Crippen molar-refractivity contribution in [3.8, 4) is 5.75 Å². The van der Waals surface area contributed by atoms with Crippen LogP contribution in [0.5, 0.6) is 5.75 Å². The van der Waals surface area contributed by atoms with Gasteiger partial charge in [0.25, 0.3) is 0 Å². The standard InChI is InChI=1S/C21H28N2O/c1-17-3-7-21(8-4-17)24-14-9-19-5-6-20(18(2)15-19)16-23-12-10-22-11-13-23/h3-8,15,22H,9-14,16H2,1-2H3. The van der Waals surface area contributed by atoms with Crippen LogP contribution in [0.3, 0.4) is 0 Å². The van der Waals surface area contributed by atoms with E-state index in [9.17, 15) is 0 Å². The fraction of sp³-hybridized carbons (Fsp3) is 0.429. The Bertz CT molecular complexity index is 645. The lowest BCUT2D eigenvalue weighted by molar-refractivity contribution is 0.233. The quantitative estimate of drug-likeness (QED) is 0.882. The third-order valence-corrected chi connectivity index (χ3v) is 4.69. The van der Waals surface area contributed by atoms with Gasteiger partial charge in [-0.15, -0.1) is 0 Å². The van der Waals surface area contributed by atoms with Crippen LogP contribution in [-0.4, -0.2) is 37.7 Å². The molecule has 128 valence electrons. The van der Waals surface area contributed by atoms with E-state index in [2.05, 4.69) is 54.4 Å². The minimum Gasteiger partial charge on any atom is -0.493 e. The van der Waals surface area contributed by atoms with Crippen molar-refractivity contribution in [1.29, 1.82) is 0 Å². The minimum atomic E-state index is 0.722. The summed E-state index contributed by atoms with van der Waals surface area (Å²) in [5, 5.41) is 3.41. The number of benzene rings is 2. The number of nitrogens with zero attached hydrogens (tertiary/aromatic N) is 1. The lowest BCUT2D eigenvalue weighted by Crippen LogP contribution is -2.42. The molecular weight excluding hydrogens is 296 g/mol. The van der Waals surface area contributed by atoms with Crippen LogP contribution in [0.25, 0.3) is 0 Å². The van der Waals surface area contributed by atoms with E-state index in [0.717, 1.165) is 51.5 Å². The predicted molar refractivity (Wildman–Crippen MR) is 99.7 cm³/mol. The molecule has 1 saturated heterocycles. The number of piperazine rings is 1. The van der Waals surface area contributed by atoms with Gasteiger partial charge in [-0.25, -0.2) is 0 Å². The van der Waals surface area contributed by atoms with Crippen LogP contribution >= 0.6 is 0 Å². The third-order valence-electron chi connectivity index (χ3n) is 4.69. The minimum absolute atomic E-state index is 0.722. The summed E-state index contributed by atoms with van der Waals surface area (Å²) >= 11 is 0. The number of hydrogen-bond donors (Lipinski definition) is 1. The fourth-order valence-electron chi connectivity index (χ4n) is 3.12. The molecule has 1 aliphatic heterocycles. The second-order valence-electron chi connectivity index (χ2n) is 6.70. The van der Waals surface area contributed by atoms with E-state index in [0.29, 0.717) is 0 Å². The Morgan fingerprint density at radius 1 is 1.00 bits per heavy atom. The second kappa shape index (κ2) is 8.32. The Balaban J connectivity index is 1.51. The molecule has 0 spiro atoms. The maximum absolute atomic E-state index is 5.84. The highest BCUT2D eigenvalue weighted by molar-refractivity contribution is 5.31. The van der Waals surface area contributed by atoms with Crippen LogP contribution in [0, 0.1) is 13.8 Å². The smallest absolute Gasteiger partial charge is 0.119 e. The Hall–Kier alpha value is -1.84. The average molecular weight is 324 g/mol. The molecule has 1 N–H and O–H groups in total. The number of nitrogens with one attached hydrogen (secondary N) is 1. The zero-order chi connectivity index (χ0) is 16.8. The van der Waals surface area contributed by atoms with Gasteiger partial charge in [-0.3, -0.25) is 4.90 Å². The Labute approximate surface area is 145 Å².